The Morgan fingerprint density at radius 2 is 1.70 bits per heavy atom. The molecule has 0 N–H and O–H groups in total. The van der Waals surface area contributed by atoms with Crippen LogP contribution in [-0.4, -0.2) is 0 Å². The molecule has 0 spiro atoms. The molecule has 1 aliphatic carbocycles. The van der Waals surface area contributed by atoms with E-state index in [1.54, 1.807) is 6.07 Å². The Labute approximate surface area is 119 Å². The van der Waals surface area contributed by atoms with Crippen LogP contribution in [0.3, 0.4) is 0 Å². The van der Waals surface area contributed by atoms with Crippen molar-refractivity contribution in [3.05, 3.63) is 59.4 Å². The number of benzene rings is 2. The van der Waals surface area contributed by atoms with E-state index in [4.69, 9.17) is 4.74 Å². The van der Waals surface area contributed by atoms with E-state index in [1.807, 2.05) is 25.1 Å². The van der Waals surface area contributed by atoms with Gasteiger partial charge in [-0.3, -0.25) is 0 Å². The number of halogens is 1. The molecule has 1 nitrogen and oxygen atoms in total. The lowest BCUT2D eigenvalue weighted by Crippen LogP contribution is -1.93. The summed E-state index contributed by atoms with van der Waals surface area (Å²) in [5.41, 5.74) is 2.27. The summed E-state index contributed by atoms with van der Waals surface area (Å²) in [5.74, 6) is 1.35. The molecule has 0 unspecified atom stereocenters. The molecule has 2 aromatic rings. The van der Waals surface area contributed by atoms with Crippen molar-refractivity contribution in [1.29, 1.82) is 0 Å². The van der Waals surface area contributed by atoms with Crippen molar-refractivity contribution in [2.75, 3.05) is 0 Å². The third kappa shape index (κ3) is 2.84. The first-order chi connectivity index (χ1) is 9.72. The Morgan fingerprint density at radius 1 is 1.00 bits per heavy atom. The van der Waals surface area contributed by atoms with Crippen molar-refractivity contribution in [1.82, 2.24) is 0 Å². The van der Waals surface area contributed by atoms with E-state index in [0.717, 1.165) is 5.56 Å². The number of aryl methyl sites for hydroxylation is 1. The van der Waals surface area contributed by atoms with Crippen molar-refractivity contribution in [2.45, 2.75) is 38.5 Å². The van der Waals surface area contributed by atoms with E-state index in [-0.39, 0.29) is 11.6 Å². The molecular formula is C18H19FO. The minimum absolute atomic E-state index is 0.282. The molecule has 0 aromatic heterocycles. The Hall–Kier alpha value is -1.83. The lowest BCUT2D eigenvalue weighted by atomic mass is 9.98. The topological polar surface area (TPSA) is 9.23 Å². The molecule has 0 amide bonds. The molecule has 0 aliphatic heterocycles. The van der Waals surface area contributed by atoms with Crippen LogP contribution in [0.5, 0.6) is 11.5 Å². The molecular weight excluding hydrogens is 251 g/mol. The Bertz CT molecular complexity index is 583. The summed E-state index contributed by atoms with van der Waals surface area (Å²) in [4.78, 5) is 0. The zero-order valence-electron chi connectivity index (χ0n) is 11.7. The largest absolute Gasteiger partial charge is 0.454 e. The minimum atomic E-state index is -0.315. The zero-order valence-corrected chi connectivity index (χ0v) is 11.7. The molecule has 1 aliphatic rings. The first-order valence-electron chi connectivity index (χ1n) is 7.26. The van der Waals surface area contributed by atoms with Crippen molar-refractivity contribution < 1.29 is 9.13 Å². The highest BCUT2D eigenvalue weighted by atomic mass is 19.1. The molecule has 0 saturated heterocycles. The van der Waals surface area contributed by atoms with Crippen LogP contribution in [0.2, 0.25) is 0 Å². The lowest BCUT2D eigenvalue weighted by molar-refractivity contribution is 0.441. The fourth-order valence-corrected chi connectivity index (χ4v) is 2.88. The molecule has 104 valence electrons. The molecule has 2 aromatic carbocycles. The molecule has 0 radical (unpaired) electrons. The maximum absolute atomic E-state index is 13.7. The van der Waals surface area contributed by atoms with E-state index < -0.39 is 0 Å². The molecule has 0 atom stereocenters. The van der Waals surface area contributed by atoms with Crippen LogP contribution in [0.25, 0.3) is 0 Å². The van der Waals surface area contributed by atoms with Crippen LogP contribution in [0.4, 0.5) is 4.39 Å². The van der Waals surface area contributed by atoms with Gasteiger partial charge in [-0.2, -0.15) is 0 Å². The van der Waals surface area contributed by atoms with Crippen LogP contribution >= 0.6 is 0 Å². The first kappa shape index (κ1) is 13.2. The van der Waals surface area contributed by atoms with Crippen LogP contribution in [0.1, 0.15) is 42.7 Å². The van der Waals surface area contributed by atoms with Gasteiger partial charge in [-0.05, 0) is 61.1 Å². The minimum Gasteiger partial charge on any atom is -0.454 e. The second-order valence-corrected chi connectivity index (χ2v) is 5.59. The maximum atomic E-state index is 13.7. The fourth-order valence-electron chi connectivity index (χ4n) is 2.88. The van der Waals surface area contributed by atoms with E-state index in [9.17, 15) is 4.39 Å². The van der Waals surface area contributed by atoms with Gasteiger partial charge in [0.2, 0.25) is 0 Å². The average Bonchev–Trinajstić information content (AvgIpc) is 2.97. The van der Waals surface area contributed by atoms with Crippen molar-refractivity contribution >= 4 is 0 Å². The maximum Gasteiger partial charge on any atom is 0.165 e. The summed E-state index contributed by atoms with van der Waals surface area (Å²) in [7, 11) is 0. The Morgan fingerprint density at radius 3 is 2.35 bits per heavy atom. The van der Waals surface area contributed by atoms with E-state index in [2.05, 4.69) is 12.1 Å². The average molecular weight is 270 g/mol. The second kappa shape index (κ2) is 5.66. The Kier molecular flexibility index (Phi) is 3.72. The fraction of sp³-hybridized carbons (Fsp3) is 0.333. The summed E-state index contributed by atoms with van der Waals surface area (Å²) < 4.78 is 19.3. The monoisotopic (exact) mass is 270 g/mol. The van der Waals surface area contributed by atoms with Crippen LogP contribution in [0.15, 0.2) is 42.5 Å². The SMILES string of the molecule is Cc1ccc(Oc2ccc(C3CCCC3)cc2)c(F)c1. The molecule has 0 heterocycles. The van der Waals surface area contributed by atoms with Crippen LogP contribution in [0, 0.1) is 12.7 Å². The zero-order chi connectivity index (χ0) is 13.9. The van der Waals surface area contributed by atoms with Gasteiger partial charge < -0.3 is 4.74 Å². The third-order valence-electron chi connectivity index (χ3n) is 4.02. The van der Waals surface area contributed by atoms with Gasteiger partial charge in [-0.15, -0.1) is 0 Å². The van der Waals surface area contributed by atoms with Gasteiger partial charge >= 0.3 is 0 Å². The number of hydrogen-bond acceptors (Lipinski definition) is 1. The van der Waals surface area contributed by atoms with Gasteiger partial charge in [0, 0.05) is 0 Å². The second-order valence-electron chi connectivity index (χ2n) is 5.59. The summed E-state index contributed by atoms with van der Waals surface area (Å²) in [5, 5.41) is 0. The standard InChI is InChI=1S/C18H19FO/c1-13-6-11-18(17(19)12-13)20-16-9-7-15(8-10-16)14-4-2-3-5-14/h6-12,14H,2-5H2,1H3. The lowest BCUT2D eigenvalue weighted by Gasteiger charge is -2.11. The van der Waals surface area contributed by atoms with Crippen molar-refractivity contribution in [3.8, 4) is 11.5 Å². The van der Waals surface area contributed by atoms with Gasteiger partial charge in [0.1, 0.15) is 5.75 Å². The smallest absolute Gasteiger partial charge is 0.165 e. The van der Waals surface area contributed by atoms with Gasteiger partial charge in [-0.25, -0.2) is 4.39 Å². The summed E-state index contributed by atoms with van der Waals surface area (Å²) in [6.45, 7) is 1.86. The predicted octanol–water partition coefficient (Wildman–Crippen LogP) is 5.58. The summed E-state index contributed by atoms with van der Waals surface area (Å²) >= 11 is 0. The molecule has 1 fully saturated rings. The third-order valence-corrected chi connectivity index (χ3v) is 4.02. The van der Waals surface area contributed by atoms with Gasteiger partial charge in [0.05, 0.1) is 0 Å². The predicted molar refractivity (Wildman–Crippen MR) is 78.9 cm³/mol. The highest BCUT2D eigenvalue weighted by Gasteiger charge is 2.16. The Balaban J connectivity index is 1.74. The van der Waals surface area contributed by atoms with E-state index >= 15 is 0 Å². The van der Waals surface area contributed by atoms with Crippen LogP contribution < -0.4 is 4.74 Å². The summed E-state index contributed by atoms with van der Waals surface area (Å²) in [6.07, 6.45) is 5.23. The van der Waals surface area contributed by atoms with Gasteiger partial charge in [0.15, 0.2) is 11.6 Å². The highest BCUT2D eigenvalue weighted by molar-refractivity contribution is 5.36. The first-order valence-corrected chi connectivity index (χ1v) is 7.26. The summed E-state index contributed by atoms with van der Waals surface area (Å²) in [6, 6.07) is 13.1. The van der Waals surface area contributed by atoms with Gasteiger partial charge in [0.25, 0.3) is 0 Å². The number of rotatable bonds is 3. The van der Waals surface area contributed by atoms with Crippen molar-refractivity contribution in [3.63, 3.8) is 0 Å². The quantitative estimate of drug-likeness (QED) is 0.707. The van der Waals surface area contributed by atoms with E-state index in [0.29, 0.717) is 11.7 Å². The molecule has 20 heavy (non-hydrogen) atoms. The van der Waals surface area contributed by atoms with E-state index in [1.165, 1.54) is 37.3 Å². The molecule has 1 saturated carbocycles. The molecule has 3 rings (SSSR count). The highest BCUT2D eigenvalue weighted by Crippen LogP contribution is 2.35. The number of ether oxygens (including phenoxy) is 1. The number of hydrogen-bond donors (Lipinski definition) is 0. The van der Waals surface area contributed by atoms with Crippen LogP contribution in [-0.2, 0) is 0 Å². The van der Waals surface area contributed by atoms with Crippen molar-refractivity contribution in [2.24, 2.45) is 0 Å². The normalized spacial score (nSPS) is 15.5. The van der Waals surface area contributed by atoms with Gasteiger partial charge in [-0.1, -0.05) is 31.0 Å². The molecule has 2 heteroatoms. The molecule has 0 bridgehead atoms.